The number of likely N-dealkylation sites (N-methyl/N-ethyl adjacent to an activating group) is 1. The quantitative estimate of drug-likeness (QED) is 0.416. The van der Waals surface area contributed by atoms with Gasteiger partial charge >= 0.3 is 0 Å². The zero-order valence-corrected chi connectivity index (χ0v) is 18.9. The van der Waals surface area contributed by atoms with E-state index in [4.69, 9.17) is 0 Å². The molecule has 1 heterocycles. The number of nitrogens with zero attached hydrogens (tertiary/aromatic N) is 1. The van der Waals surface area contributed by atoms with Crippen LogP contribution in [0.15, 0.2) is 24.3 Å². The third-order valence-electron chi connectivity index (χ3n) is 5.00. The van der Waals surface area contributed by atoms with Crippen molar-refractivity contribution in [2.45, 2.75) is 33.2 Å². The molecule has 8 heteroatoms. The van der Waals surface area contributed by atoms with Gasteiger partial charge in [-0.15, -0.1) is 0 Å². The van der Waals surface area contributed by atoms with Crippen molar-refractivity contribution in [3.05, 3.63) is 29.8 Å². The van der Waals surface area contributed by atoms with Crippen LogP contribution in [0.5, 0.6) is 0 Å². The van der Waals surface area contributed by atoms with Gasteiger partial charge in [-0.2, -0.15) is 0 Å². The van der Waals surface area contributed by atoms with E-state index >= 15 is 0 Å². The molecule has 0 aliphatic carbocycles. The number of carbonyl (C=O) groups is 3. The highest BCUT2D eigenvalue weighted by Crippen LogP contribution is 2.07. The Morgan fingerprint density at radius 1 is 1.03 bits per heavy atom. The van der Waals surface area contributed by atoms with Crippen LogP contribution in [0.2, 0.25) is 0 Å². The molecule has 1 aliphatic rings. The van der Waals surface area contributed by atoms with Crippen molar-refractivity contribution in [1.82, 2.24) is 10.2 Å². The van der Waals surface area contributed by atoms with Gasteiger partial charge in [-0.05, 0) is 39.8 Å². The number of quaternary nitrogens is 2. The van der Waals surface area contributed by atoms with Crippen molar-refractivity contribution < 1.29 is 24.2 Å². The number of anilines is 1. The van der Waals surface area contributed by atoms with Gasteiger partial charge in [0.05, 0.1) is 33.2 Å². The number of amides is 3. The Hall–Kier alpha value is -2.45. The summed E-state index contributed by atoms with van der Waals surface area (Å²) in [5.41, 5.74) is 1.67. The van der Waals surface area contributed by atoms with Crippen LogP contribution in [-0.2, 0) is 14.4 Å². The first-order valence-corrected chi connectivity index (χ1v) is 10.6. The van der Waals surface area contributed by atoms with Gasteiger partial charge in [0, 0.05) is 11.2 Å². The molecule has 0 spiro atoms. The third kappa shape index (κ3) is 8.51. The van der Waals surface area contributed by atoms with Crippen LogP contribution < -0.4 is 20.4 Å². The molecule has 1 saturated heterocycles. The van der Waals surface area contributed by atoms with Gasteiger partial charge in [-0.3, -0.25) is 14.4 Å². The first-order valence-electron chi connectivity index (χ1n) is 10.6. The topological polar surface area (TPSA) is 87.4 Å². The highest BCUT2D eigenvalue weighted by atomic mass is 16.2. The molecular formula is C22H37N5O3+2. The average molecular weight is 420 g/mol. The van der Waals surface area contributed by atoms with Crippen LogP contribution >= 0.6 is 0 Å². The SMILES string of the molecule is Cc1ccc(NC(=O)C[NH+](C)CC(=O)N2CC[NH+](CC(=O)NC(C)(C)C)CC2)cc1. The number of benzene rings is 1. The summed E-state index contributed by atoms with van der Waals surface area (Å²) < 4.78 is 0. The van der Waals surface area contributed by atoms with Gasteiger partial charge in [0.15, 0.2) is 19.6 Å². The summed E-state index contributed by atoms with van der Waals surface area (Å²) in [6.07, 6.45) is 0. The molecule has 1 fully saturated rings. The molecule has 1 aromatic rings. The fourth-order valence-corrected chi connectivity index (χ4v) is 3.49. The van der Waals surface area contributed by atoms with Gasteiger partial charge in [0.1, 0.15) is 0 Å². The lowest BCUT2D eigenvalue weighted by Crippen LogP contribution is -3.16. The molecule has 8 nitrogen and oxygen atoms in total. The number of aryl methyl sites for hydroxylation is 1. The smallest absolute Gasteiger partial charge is 0.279 e. The summed E-state index contributed by atoms with van der Waals surface area (Å²) in [7, 11) is 1.85. The van der Waals surface area contributed by atoms with E-state index in [1.165, 1.54) is 4.90 Å². The van der Waals surface area contributed by atoms with Crippen LogP contribution in [0.4, 0.5) is 5.69 Å². The van der Waals surface area contributed by atoms with Crippen LogP contribution in [0.25, 0.3) is 0 Å². The minimum Gasteiger partial charge on any atom is -0.347 e. The van der Waals surface area contributed by atoms with E-state index < -0.39 is 0 Å². The summed E-state index contributed by atoms with van der Waals surface area (Å²) in [6, 6.07) is 7.64. The first-order chi connectivity index (χ1) is 14.0. The molecule has 166 valence electrons. The molecule has 1 atom stereocenters. The average Bonchev–Trinajstić information content (AvgIpc) is 2.62. The molecule has 1 unspecified atom stereocenters. The van der Waals surface area contributed by atoms with E-state index in [0.29, 0.717) is 19.6 Å². The molecule has 0 aromatic heterocycles. The summed E-state index contributed by atoms with van der Waals surface area (Å²) >= 11 is 0. The Kier molecular flexibility index (Phi) is 8.37. The lowest BCUT2D eigenvalue weighted by Gasteiger charge is -2.32. The Morgan fingerprint density at radius 3 is 2.20 bits per heavy atom. The highest BCUT2D eigenvalue weighted by molar-refractivity contribution is 5.91. The molecular weight excluding hydrogens is 382 g/mol. The first kappa shape index (κ1) is 23.8. The standard InChI is InChI=1S/C22H35N5O3/c1-17-6-8-18(9-7-17)23-19(28)14-25(5)16-21(30)27-12-10-26(11-13-27)15-20(29)24-22(2,3)4/h6-9H,10-16H2,1-5H3,(H,23,28)(H,24,29)/p+2. The predicted octanol–water partition coefficient (Wildman–Crippen LogP) is -1.91. The van der Waals surface area contributed by atoms with E-state index in [-0.39, 0.29) is 36.3 Å². The van der Waals surface area contributed by atoms with Crippen LogP contribution in [0.3, 0.4) is 0 Å². The van der Waals surface area contributed by atoms with E-state index in [9.17, 15) is 14.4 Å². The number of hydrogen-bond acceptors (Lipinski definition) is 3. The minimum absolute atomic E-state index is 0.0426. The highest BCUT2D eigenvalue weighted by Gasteiger charge is 2.28. The summed E-state index contributed by atoms with van der Waals surface area (Å²) in [5.74, 6) is -0.0156. The maximum absolute atomic E-state index is 12.6. The summed E-state index contributed by atoms with van der Waals surface area (Å²) in [4.78, 5) is 40.8. The van der Waals surface area contributed by atoms with Crippen molar-refractivity contribution in [2.75, 3.05) is 58.2 Å². The molecule has 1 aliphatic heterocycles. The number of carbonyl (C=O) groups excluding carboxylic acids is 3. The molecule has 2 rings (SSSR count). The summed E-state index contributed by atoms with van der Waals surface area (Å²) in [5, 5.41) is 5.85. The number of nitrogens with one attached hydrogen (secondary N) is 4. The maximum atomic E-state index is 12.6. The number of hydrogen-bond donors (Lipinski definition) is 4. The van der Waals surface area contributed by atoms with Crippen molar-refractivity contribution in [3.8, 4) is 0 Å². The second-order valence-electron chi connectivity index (χ2n) is 9.33. The Bertz CT molecular complexity index is 734. The molecule has 4 N–H and O–H groups in total. The van der Waals surface area contributed by atoms with Crippen molar-refractivity contribution in [1.29, 1.82) is 0 Å². The van der Waals surface area contributed by atoms with E-state index in [1.807, 2.05) is 63.9 Å². The molecule has 0 saturated carbocycles. The van der Waals surface area contributed by atoms with Crippen LogP contribution in [0, 0.1) is 6.92 Å². The van der Waals surface area contributed by atoms with Crippen molar-refractivity contribution >= 4 is 23.4 Å². The fraction of sp³-hybridized carbons (Fsp3) is 0.591. The van der Waals surface area contributed by atoms with Crippen molar-refractivity contribution in [2.24, 2.45) is 0 Å². The third-order valence-corrected chi connectivity index (χ3v) is 5.00. The fourth-order valence-electron chi connectivity index (χ4n) is 3.49. The lowest BCUT2D eigenvalue weighted by atomic mass is 10.1. The predicted molar refractivity (Wildman–Crippen MR) is 116 cm³/mol. The van der Waals surface area contributed by atoms with Crippen LogP contribution in [0.1, 0.15) is 26.3 Å². The van der Waals surface area contributed by atoms with Crippen molar-refractivity contribution in [3.63, 3.8) is 0 Å². The molecule has 1 aromatic carbocycles. The Morgan fingerprint density at radius 2 is 1.63 bits per heavy atom. The van der Waals surface area contributed by atoms with Crippen LogP contribution in [-0.4, -0.2) is 81.0 Å². The largest absolute Gasteiger partial charge is 0.347 e. The van der Waals surface area contributed by atoms with Gasteiger partial charge in [0.25, 0.3) is 17.7 Å². The molecule has 0 bridgehead atoms. The van der Waals surface area contributed by atoms with E-state index in [0.717, 1.165) is 29.2 Å². The summed E-state index contributed by atoms with van der Waals surface area (Å²) in [6.45, 7) is 11.6. The molecule has 30 heavy (non-hydrogen) atoms. The molecule has 0 radical (unpaired) electrons. The normalized spacial score (nSPS) is 16.1. The number of rotatable bonds is 7. The Labute approximate surface area is 179 Å². The number of piperazine rings is 1. The molecule has 3 amide bonds. The lowest BCUT2D eigenvalue weighted by molar-refractivity contribution is -0.896. The monoisotopic (exact) mass is 419 g/mol. The zero-order valence-electron chi connectivity index (χ0n) is 18.9. The van der Waals surface area contributed by atoms with Gasteiger partial charge in [-0.25, -0.2) is 0 Å². The van der Waals surface area contributed by atoms with Gasteiger partial charge < -0.3 is 25.3 Å². The van der Waals surface area contributed by atoms with E-state index in [2.05, 4.69) is 10.6 Å². The Balaban J connectivity index is 1.70. The zero-order chi connectivity index (χ0) is 22.3. The maximum Gasteiger partial charge on any atom is 0.279 e. The van der Waals surface area contributed by atoms with Gasteiger partial charge in [-0.1, -0.05) is 17.7 Å². The second kappa shape index (κ2) is 10.5. The second-order valence-corrected chi connectivity index (χ2v) is 9.33. The van der Waals surface area contributed by atoms with E-state index in [1.54, 1.807) is 0 Å². The van der Waals surface area contributed by atoms with Gasteiger partial charge in [0.2, 0.25) is 0 Å². The minimum atomic E-state index is -0.229.